The lowest BCUT2D eigenvalue weighted by Gasteiger charge is -2.30. The number of carbonyl (C=O) groups is 2. The number of imidazole rings is 1. The molecule has 1 aliphatic heterocycles. The predicted molar refractivity (Wildman–Crippen MR) is 84.6 cm³/mol. The van der Waals surface area contributed by atoms with Crippen molar-refractivity contribution in [2.75, 3.05) is 32.8 Å². The first-order valence-electron chi connectivity index (χ1n) is 7.70. The Hall–Kier alpha value is -2.85. The number of aliphatic hydroxyl groups is 1. The lowest BCUT2D eigenvalue weighted by Crippen LogP contribution is -2.53. The van der Waals surface area contributed by atoms with Gasteiger partial charge >= 0.3 is 0 Å². The van der Waals surface area contributed by atoms with E-state index in [1.807, 2.05) is 0 Å². The van der Waals surface area contributed by atoms with Crippen LogP contribution in [0.15, 0.2) is 31.0 Å². The molecule has 1 atom stereocenters. The fourth-order valence-electron chi connectivity index (χ4n) is 2.48. The molecule has 1 unspecified atom stereocenters. The quantitative estimate of drug-likeness (QED) is 0.635. The number of aromatic amines is 1. The number of carbonyl (C=O) groups excluding carboxylic acids is 2. The highest BCUT2D eigenvalue weighted by Gasteiger charge is 2.35. The Labute approximate surface area is 143 Å². The van der Waals surface area contributed by atoms with Gasteiger partial charge in [0, 0.05) is 31.3 Å². The van der Waals surface area contributed by atoms with Gasteiger partial charge in [0.25, 0.3) is 11.8 Å². The number of amides is 2. The van der Waals surface area contributed by atoms with Crippen LogP contribution in [0.1, 0.15) is 21.1 Å². The number of ether oxygens (including phenoxy) is 1. The van der Waals surface area contributed by atoms with Gasteiger partial charge in [0.15, 0.2) is 5.82 Å². The van der Waals surface area contributed by atoms with Gasteiger partial charge in [0.2, 0.25) is 0 Å². The zero-order valence-corrected chi connectivity index (χ0v) is 13.4. The Kier molecular flexibility index (Phi) is 5.00. The van der Waals surface area contributed by atoms with Crippen LogP contribution in [0.25, 0.3) is 0 Å². The van der Waals surface area contributed by atoms with E-state index in [2.05, 4.69) is 25.3 Å². The maximum Gasteiger partial charge on any atom is 0.289 e. The minimum Gasteiger partial charge on any atom is -0.384 e. The zero-order valence-electron chi connectivity index (χ0n) is 13.4. The van der Waals surface area contributed by atoms with Crippen molar-refractivity contribution in [3.63, 3.8) is 0 Å². The lowest BCUT2D eigenvalue weighted by molar-refractivity contribution is -0.0325. The molecule has 10 nitrogen and oxygen atoms in total. The molecule has 3 rings (SSSR count). The fourth-order valence-corrected chi connectivity index (χ4v) is 2.48. The highest BCUT2D eigenvalue weighted by molar-refractivity contribution is 5.92. The molecule has 1 aliphatic rings. The Morgan fingerprint density at radius 3 is 2.96 bits per heavy atom. The number of aromatic nitrogens is 4. The van der Waals surface area contributed by atoms with Crippen LogP contribution in [0.4, 0.5) is 0 Å². The van der Waals surface area contributed by atoms with Crippen LogP contribution in [0, 0.1) is 0 Å². The van der Waals surface area contributed by atoms with Crippen LogP contribution in [-0.2, 0) is 4.74 Å². The molecule has 0 bridgehead atoms. The molecule has 0 saturated carbocycles. The third kappa shape index (κ3) is 4.17. The van der Waals surface area contributed by atoms with Crippen molar-refractivity contribution in [2.45, 2.75) is 5.60 Å². The van der Waals surface area contributed by atoms with Gasteiger partial charge < -0.3 is 25.0 Å². The molecular formula is C15H18N6O4. The summed E-state index contributed by atoms with van der Waals surface area (Å²) in [6.45, 7) is 0.514. The van der Waals surface area contributed by atoms with Crippen molar-refractivity contribution in [1.29, 1.82) is 0 Å². The largest absolute Gasteiger partial charge is 0.384 e. The number of hydrogen-bond acceptors (Lipinski definition) is 7. The maximum atomic E-state index is 12.4. The van der Waals surface area contributed by atoms with Crippen molar-refractivity contribution in [3.05, 3.63) is 42.5 Å². The van der Waals surface area contributed by atoms with Gasteiger partial charge in [-0.05, 0) is 0 Å². The van der Waals surface area contributed by atoms with Gasteiger partial charge in [-0.3, -0.25) is 14.6 Å². The average Bonchev–Trinajstić information content (AvgIpc) is 3.10. The summed E-state index contributed by atoms with van der Waals surface area (Å²) in [5.74, 6) is -0.614. The Morgan fingerprint density at radius 1 is 1.36 bits per heavy atom. The van der Waals surface area contributed by atoms with Crippen LogP contribution in [0.5, 0.6) is 0 Å². The first-order valence-corrected chi connectivity index (χ1v) is 7.70. The minimum absolute atomic E-state index is 0.00428. The molecule has 3 heterocycles. The highest BCUT2D eigenvalue weighted by Crippen LogP contribution is 2.14. The number of nitrogens with zero attached hydrogens (tertiary/aromatic N) is 4. The van der Waals surface area contributed by atoms with Crippen LogP contribution in [-0.4, -0.2) is 80.2 Å². The summed E-state index contributed by atoms with van der Waals surface area (Å²) < 4.78 is 5.39. The molecule has 3 N–H and O–H groups in total. The first-order chi connectivity index (χ1) is 12.1. The molecule has 2 aromatic rings. The summed E-state index contributed by atoms with van der Waals surface area (Å²) in [4.78, 5) is 40.3. The van der Waals surface area contributed by atoms with E-state index in [1.165, 1.54) is 29.7 Å². The standard InChI is InChI=1S/C15H18N6O4/c22-13(11-7-16-1-2-17-11)20-8-15(24)9-21(5-6-25-10-15)14(23)12-18-3-4-19-12/h1-4,7,24H,5-6,8-10H2,(H,18,19)(H,20,22). The summed E-state index contributed by atoms with van der Waals surface area (Å²) in [7, 11) is 0. The molecule has 2 amide bonds. The summed E-state index contributed by atoms with van der Waals surface area (Å²) in [5.41, 5.74) is -1.28. The van der Waals surface area contributed by atoms with Crippen LogP contribution in [0.3, 0.4) is 0 Å². The maximum absolute atomic E-state index is 12.4. The van der Waals surface area contributed by atoms with Crippen molar-refractivity contribution in [1.82, 2.24) is 30.2 Å². The van der Waals surface area contributed by atoms with E-state index in [0.717, 1.165) is 0 Å². The molecule has 1 fully saturated rings. The summed E-state index contributed by atoms with van der Waals surface area (Å²) in [6.07, 6.45) is 7.23. The zero-order chi connectivity index (χ0) is 17.7. The minimum atomic E-state index is -1.42. The van der Waals surface area contributed by atoms with E-state index >= 15 is 0 Å². The fraction of sp³-hybridized carbons (Fsp3) is 0.400. The van der Waals surface area contributed by atoms with Crippen molar-refractivity contribution in [3.8, 4) is 0 Å². The molecule has 10 heteroatoms. The summed E-state index contributed by atoms with van der Waals surface area (Å²) >= 11 is 0. The SMILES string of the molecule is O=C(NCC1(O)COCCN(C(=O)c2ncc[nH]2)C1)c1cnccn1. The molecule has 25 heavy (non-hydrogen) atoms. The van der Waals surface area contributed by atoms with Crippen molar-refractivity contribution in [2.24, 2.45) is 0 Å². The third-order valence-electron chi connectivity index (χ3n) is 3.72. The Balaban J connectivity index is 1.64. The molecule has 0 aliphatic carbocycles. The Bertz CT molecular complexity index is 723. The highest BCUT2D eigenvalue weighted by atomic mass is 16.5. The number of β-amino-alcohol motifs (C(OH)–C–C–N with tert-alkyl or cyclic N) is 1. The van der Waals surface area contributed by atoms with Crippen LogP contribution in [0.2, 0.25) is 0 Å². The van der Waals surface area contributed by atoms with Crippen LogP contribution >= 0.6 is 0 Å². The first kappa shape index (κ1) is 17.0. The normalized spacial score (nSPS) is 20.8. The lowest BCUT2D eigenvalue weighted by atomic mass is 10.0. The van der Waals surface area contributed by atoms with E-state index in [9.17, 15) is 14.7 Å². The van der Waals surface area contributed by atoms with Gasteiger partial charge in [0.1, 0.15) is 11.3 Å². The van der Waals surface area contributed by atoms with E-state index in [1.54, 1.807) is 6.20 Å². The Morgan fingerprint density at radius 2 is 2.24 bits per heavy atom. The molecule has 0 radical (unpaired) electrons. The van der Waals surface area contributed by atoms with Gasteiger partial charge in [-0.15, -0.1) is 0 Å². The molecule has 1 saturated heterocycles. The number of hydrogen-bond donors (Lipinski definition) is 3. The van der Waals surface area contributed by atoms with E-state index in [0.29, 0.717) is 6.54 Å². The third-order valence-corrected chi connectivity index (χ3v) is 3.72. The second-order valence-electron chi connectivity index (χ2n) is 5.71. The van der Waals surface area contributed by atoms with Gasteiger partial charge in [-0.2, -0.15) is 0 Å². The van der Waals surface area contributed by atoms with Crippen molar-refractivity contribution < 1.29 is 19.4 Å². The summed E-state index contributed by atoms with van der Waals surface area (Å²) in [5, 5.41) is 13.4. The average molecular weight is 346 g/mol. The topological polar surface area (TPSA) is 133 Å². The molecule has 0 spiro atoms. The smallest absolute Gasteiger partial charge is 0.289 e. The van der Waals surface area contributed by atoms with Gasteiger partial charge in [0.05, 0.1) is 32.5 Å². The molecule has 2 aromatic heterocycles. The van der Waals surface area contributed by atoms with Gasteiger partial charge in [-0.25, -0.2) is 9.97 Å². The van der Waals surface area contributed by atoms with E-state index < -0.39 is 11.5 Å². The van der Waals surface area contributed by atoms with E-state index in [-0.39, 0.29) is 43.7 Å². The number of H-pyrrole nitrogens is 1. The van der Waals surface area contributed by atoms with Crippen molar-refractivity contribution >= 4 is 11.8 Å². The number of nitrogens with one attached hydrogen (secondary N) is 2. The molecular weight excluding hydrogens is 328 g/mol. The number of rotatable bonds is 4. The van der Waals surface area contributed by atoms with Gasteiger partial charge in [-0.1, -0.05) is 0 Å². The predicted octanol–water partition coefficient (Wildman–Crippen LogP) is -1.17. The second-order valence-corrected chi connectivity index (χ2v) is 5.71. The monoisotopic (exact) mass is 346 g/mol. The van der Waals surface area contributed by atoms with E-state index in [4.69, 9.17) is 4.74 Å². The van der Waals surface area contributed by atoms with Crippen LogP contribution < -0.4 is 5.32 Å². The molecule has 0 aromatic carbocycles. The second kappa shape index (κ2) is 7.36. The molecule has 132 valence electrons. The summed E-state index contributed by atoms with van der Waals surface area (Å²) in [6, 6.07) is 0.